The molecule has 10 heteroatoms. The maximum absolute atomic E-state index is 12.9. The van der Waals surface area contributed by atoms with Crippen molar-refractivity contribution in [2.75, 3.05) is 0 Å². The van der Waals surface area contributed by atoms with Gasteiger partial charge in [-0.2, -0.15) is 17.6 Å². The molecule has 0 amide bonds. The van der Waals surface area contributed by atoms with E-state index in [0.29, 0.717) is 16.5 Å². The Morgan fingerprint density at radius 3 is 1.58 bits per heavy atom. The normalized spacial score (nSPS) is 10.5. The van der Waals surface area contributed by atoms with Gasteiger partial charge in [0, 0.05) is 5.33 Å². The molecule has 0 saturated heterocycles. The van der Waals surface area contributed by atoms with E-state index in [1.54, 1.807) is 0 Å². The standard InChI is InChI=1S/C8H6BrF3O.C8H7F3O2/c9-4-5-1-2-7(6(10)3-5)13-8(11)12;9-6-3-5(4-12)1-2-7(6)13-8(10)11/h1-3,8H,4H2;1-3,8,12H,4H2. The first-order chi connectivity index (χ1) is 12.3. The molecule has 2 aromatic carbocycles. The molecule has 26 heavy (non-hydrogen) atoms. The number of benzene rings is 2. The lowest BCUT2D eigenvalue weighted by Crippen LogP contribution is -2.03. The molecule has 0 aliphatic heterocycles. The van der Waals surface area contributed by atoms with Crippen molar-refractivity contribution in [3.05, 3.63) is 59.2 Å². The minimum absolute atomic E-state index is 0.305. The smallest absolute Gasteiger partial charge is 0.387 e. The molecule has 0 spiro atoms. The molecule has 0 bridgehead atoms. The molecule has 144 valence electrons. The average Bonchev–Trinajstić information content (AvgIpc) is 2.58. The largest absolute Gasteiger partial charge is 0.432 e. The van der Waals surface area contributed by atoms with Gasteiger partial charge in [-0.3, -0.25) is 0 Å². The predicted molar refractivity (Wildman–Crippen MR) is 84.6 cm³/mol. The molecule has 0 saturated carbocycles. The molecule has 0 aliphatic carbocycles. The Morgan fingerprint density at radius 2 is 1.23 bits per heavy atom. The van der Waals surface area contributed by atoms with Gasteiger partial charge in [-0.1, -0.05) is 28.1 Å². The fourth-order valence-corrected chi connectivity index (χ4v) is 2.00. The van der Waals surface area contributed by atoms with Gasteiger partial charge in [-0.25, -0.2) is 8.78 Å². The Kier molecular flexibility index (Phi) is 9.28. The molecule has 0 atom stereocenters. The topological polar surface area (TPSA) is 38.7 Å². The van der Waals surface area contributed by atoms with Crippen LogP contribution in [0.15, 0.2) is 36.4 Å². The SMILES string of the molecule is Fc1cc(CBr)ccc1OC(F)F.OCc1ccc(OC(F)F)c(F)c1. The number of alkyl halides is 5. The number of aliphatic hydroxyl groups is 1. The summed E-state index contributed by atoms with van der Waals surface area (Å²) < 4.78 is 80.2. The number of aliphatic hydroxyl groups excluding tert-OH is 1. The van der Waals surface area contributed by atoms with Crippen LogP contribution in [0.5, 0.6) is 11.5 Å². The van der Waals surface area contributed by atoms with Crippen molar-refractivity contribution in [3.63, 3.8) is 0 Å². The van der Waals surface area contributed by atoms with Crippen molar-refractivity contribution in [1.82, 2.24) is 0 Å². The first-order valence-corrected chi connectivity index (χ1v) is 8.02. The second-order valence-electron chi connectivity index (χ2n) is 4.58. The number of hydrogen-bond acceptors (Lipinski definition) is 3. The monoisotopic (exact) mass is 446 g/mol. The molecular weight excluding hydrogens is 434 g/mol. The number of rotatable bonds is 6. The maximum atomic E-state index is 12.9. The molecule has 0 fully saturated rings. The van der Waals surface area contributed by atoms with E-state index < -0.39 is 36.4 Å². The summed E-state index contributed by atoms with van der Waals surface area (Å²) in [6.45, 7) is -6.38. The number of halogens is 7. The second kappa shape index (κ2) is 10.9. The van der Waals surface area contributed by atoms with Crippen LogP contribution in [0.2, 0.25) is 0 Å². The van der Waals surface area contributed by atoms with Crippen LogP contribution in [0.1, 0.15) is 11.1 Å². The fourth-order valence-electron chi connectivity index (χ4n) is 1.65. The summed E-state index contributed by atoms with van der Waals surface area (Å²) in [7, 11) is 0. The van der Waals surface area contributed by atoms with E-state index in [-0.39, 0.29) is 6.61 Å². The van der Waals surface area contributed by atoms with Crippen LogP contribution in [0, 0.1) is 11.6 Å². The molecule has 0 heterocycles. The van der Waals surface area contributed by atoms with Crippen molar-refractivity contribution < 1.29 is 40.9 Å². The van der Waals surface area contributed by atoms with Crippen LogP contribution < -0.4 is 9.47 Å². The third-order valence-electron chi connectivity index (χ3n) is 2.76. The van der Waals surface area contributed by atoms with Crippen LogP contribution in [0.4, 0.5) is 26.3 Å². The first-order valence-electron chi connectivity index (χ1n) is 6.90. The van der Waals surface area contributed by atoms with E-state index in [0.717, 1.165) is 18.2 Å². The molecule has 1 N–H and O–H groups in total. The highest BCUT2D eigenvalue weighted by Crippen LogP contribution is 2.21. The minimum atomic E-state index is -3.05. The summed E-state index contributed by atoms with van der Waals surface area (Å²) in [4.78, 5) is 0. The predicted octanol–water partition coefficient (Wildman–Crippen LogP) is 5.24. The summed E-state index contributed by atoms with van der Waals surface area (Å²) >= 11 is 3.11. The van der Waals surface area contributed by atoms with E-state index in [2.05, 4.69) is 25.4 Å². The van der Waals surface area contributed by atoms with Gasteiger partial charge in [0.2, 0.25) is 0 Å². The maximum Gasteiger partial charge on any atom is 0.387 e. The zero-order valence-corrected chi connectivity index (χ0v) is 14.5. The quantitative estimate of drug-likeness (QED) is 0.487. The van der Waals surface area contributed by atoms with Gasteiger partial charge in [0.15, 0.2) is 23.1 Å². The Hall–Kier alpha value is -1.94. The van der Waals surface area contributed by atoms with Crippen molar-refractivity contribution in [3.8, 4) is 11.5 Å². The molecule has 2 aromatic rings. The van der Waals surface area contributed by atoms with Crippen molar-refractivity contribution in [2.45, 2.75) is 25.2 Å². The molecule has 0 aromatic heterocycles. The third-order valence-corrected chi connectivity index (χ3v) is 3.41. The fraction of sp³-hybridized carbons (Fsp3) is 0.250. The first kappa shape index (κ1) is 22.1. The van der Waals surface area contributed by atoms with E-state index >= 15 is 0 Å². The van der Waals surface area contributed by atoms with Crippen LogP contribution >= 0.6 is 15.9 Å². The van der Waals surface area contributed by atoms with E-state index in [9.17, 15) is 26.3 Å². The Bertz CT molecular complexity index is 640. The molecular formula is C16H13BrF6O3. The third kappa shape index (κ3) is 7.52. The van der Waals surface area contributed by atoms with Gasteiger partial charge < -0.3 is 14.6 Å². The second-order valence-corrected chi connectivity index (χ2v) is 5.14. The van der Waals surface area contributed by atoms with Gasteiger partial charge in [0.05, 0.1) is 6.61 Å². The zero-order chi connectivity index (χ0) is 19.7. The summed E-state index contributed by atoms with van der Waals surface area (Å²) in [5, 5.41) is 9.05. The molecule has 0 unspecified atom stereocenters. The lowest BCUT2D eigenvalue weighted by atomic mass is 10.2. The van der Waals surface area contributed by atoms with E-state index in [1.807, 2.05) is 0 Å². The number of ether oxygens (including phenoxy) is 2. The highest BCUT2D eigenvalue weighted by atomic mass is 79.9. The molecule has 0 radical (unpaired) electrons. The van der Waals surface area contributed by atoms with Gasteiger partial charge in [-0.05, 0) is 35.4 Å². The Morgan fingerprint density at radius 1 is 0.808 bits per heavy atom. The molecule has 2 rings (SSSR count). The van der Waals surface area contributed by atoms with Crippen LogP contribution in [-0.2, 0) is 11.9 Å². The van der Waals surface area contributed by atoms with Crippen molar-refractivity contribution >= 4 is 15.9 Å². The van der Waals surface area contributed by atoms with Crippen LogP contribution in [0.3, 0.4) is 0 Å². The summed E-state index contributed by atoms with van der Waals surface area (Å²) in [6.07, 6.45) is 0. The van der Waals surface area contributed by atoms with Gasteiger partial charge >= 0.3 is 13.2 Å². The van der Waals surface area contributed by atoms with E-state index in [4.69, 9.17) is 5.11 Å². The van der Waals surface area contributed by atoms with Crippen LogP contribution in [0.25, 0.3) is 0 Å². The lowest BCUT2D eigenvalue weighted by molar-refractivity contribution is -0.0528. The highest BCUT2D eigenvalue weighted by molar-refractivity contribution is 9.08. The molecule has 3 nitrogen and oxygen atoms in total. The van der Waals surface area contributed by atoms with Gasteiger partial charge in [0.1, 0.15) is 0 Å². The van der Waals surface area contributed by atoms with E-state index in [1.165, 1.54) is 18.2 Å². The van der Waals surface area contributed by atoms with Crippen molar-refractivity contribution in [1.29, 1.82) is 0 Å². The molecule has 0 aliphatic rings. The summed E-state index contributed by atoms with van der Waals surface area (Å²) in [6, 6.07) is 7.13. The highest BCUT2D eigenvalue weighted by Gasteiger charge is 2.10. The van der Waals surface area contributed by atoms with Gasteiger partial charge in [-0.15, -0.1) is 0 Å². The number of hydrogen-bond donors (Lipinski definition) is 1. The summed E-state index contributed by atoms with van der Waals surface area (Å²) in [5.74, 6) is -2.64. The van der Waals surface area contributed by atoms with Crippen LogP contribution in [-0.4, -0.2) is 18.3 Å². The Labute approximate surface area is 153 Å². The minimum Gasteiger partial charge on any atom is -0.432 e. The average molecular weight is 447 g/mol. The van der Waals surface area contributed by atoms with Crippen molar-refractivity contribution in [2.24, 2.45) is 0 Å². The Balaban J connectivity index is 0.000000260. The zero-order valence-electron chi connectivity index (χ0n) is 12.9. The lowest BCUT2D eigenvalue weighted by Gasteiger charge is -2.05. The van der Waals surface area contributed by atoms with Gasteiger partial charge in [0.25, 0.3) is 0 Å². The summed E-state index contributed by atoms with van der Waals surface area (Å²) in [5.41, 5.74) is 0.971.